The monoisotopic (exact) mass is 324 g/mol. The molecule has 1 fully saturated rings. The van der Waals surface area contributed by atoms with Crippen molar-refractivity contribution in [1.29, 1.82) is 0 Å². The van der Waals surface area contributed by atoms with Gasteiger partial charge < -0.3 is 21.3 Å². The summed E-state index contributed by atoms with van der Waals surface area (Å²) in [6, 6.07) is 12.9. The van der Waals surface area contributed by atoms with Crippen molar-refractivity contribution >= 4 is 22.8 Å². The van der Waals surface area contributed by atoms with E-state index in [9.17, 15) is 4.79 Å². The number of rotatable bonds is 3. The third-order valence-corrected chi connectivity index (χ3v) is 4.60. The van der Waals surface area contributed by atoms with Crippen LogP contribution in [0.25, 0.3) is 0 Å². The topological polar surface area (TPSA) is 75.6 Å². The van der Waals surface area contributed by atoms with Crippen molar-refractivity contribution in [2.75, 3.05) is 49.6 Å². The van der Waals surface area contributed by atoms with Crippen molar-refractivity contribution in [3.05, 3.63) is 53.6 Å². The first-order valence-corrected chi connectivity index (χ1v) is 8.28. The number of ketones is 1. The van der Waals surface area contributed by atoms with E-state index in [1.54, 1.807) is 18.2 Å². The molecule has 0 amide bonds. The lowest BCUT2D eigenvalue weighted by molar-refractivity contribution is 0.103. The predicted molar refractivity (Wildman–Crippen MR) is 99.5 cm³/mol. The molecule has 1 aliphatic heterocycles. The number of nitrogens with zero attached hydrogens (tertiary/aromatic N) is 2. The number of carbonyl (C=O) groups is 1. The molecule has 0 saturated carbocycles. The van der Waals surface area contributed by atoms with Crippen molar-refractivity contribution in [2.24, 2.45) is 0 Å². The van der Waals surface area contributed by atoms with E-state index < -0.39 is 0 Å². The molecule has 5 nitrogen and oxygen atoms in total. The maximum atomic E-state index is 12.6. The Morgan fingerprint density at radius 3 is 2.46 bits per heavy atom. The summed E-state index contributed by atoms with van der Waals surface area (Å²) in [6.07, 6.45) is 1.15. The minimum absolute atomic E-state index is 0.0954. The smallest absolute Gasteiger partial charge is 0.195 e. The largest absolute Gasteiger partial charge is 0.397 e. The molecule has 2 aromatic rings. The van der Waals surface area contributed by atoms with Crippen molar-refractivity contribution in [2.45, 2.75) is 6.42 Å². The fourth-order valence-electron chi connectivity index (χ4n) is 3.06. The molecular weight excluding hydrogens is 300 g/mol. The molecule has 5 heteroatoms. The minimum Gasteiger partial charge on any atom is -0.397 e. The lowest BCUT2D eigenvalue weighted by atomic mass is 10.0. The number of anilines is 3. The van der Waals surface area contributed by atoms with Crippen LogP contribution in [0.2, 0.25) is 0 Å². The summed E-state index contributed by atoms with van der Waals surface area (Å²) in [5.74, 6) is -0.0954. The van der Waals surface area contributed by atoms with Gasteiger partial charge in [0.05, 0.1) is 11.4 Å². The molecule has 4 N–H and O–H groups in total. The van der Waals surface area contributed by atoms with Crippen LogP contribution in [0.3, 0.4) is 0 Å². The van der Waals surface area contributed by atoms with E-state index in [0.29, 0.717) is 22.5 Å². The quantitative estimate of drug-likeness (QED) is 0.669. The van der Waals surface area contributed by atoms with Crippen LogP contribution in [0.1, 0.15) is 22.3 Å². The van der Waals surface area contributed by atoms with Gasteiger partial charge in [-0.2, -0.15) is 0 Å². The van der Waals surface area contributed by atoms with Gasteiger partial charge in [-0.15, -0.1) is 0 Å². The molecule has 0 spiro atoms. The lowest BCUT2D eigenvalue weighted by Gasteiger charge is -2.23. The molecule has 0 aromatic heterocycles. The van der Waals surface area contributed by atoms with Gasteiger partial charge in [0, 0.05) is 36.4 Å². The Labute approximate surface area is 142 Å². The molecule has 126 valence electrons. The lowest BCUT2D eigenvalue weighted by Crippen LogP contribution is -2.28. The van der Waals surface area contributed by atoms with E-state index in [1.165, 1.54) is 0 Å². The van der Waals surface area contributed by atoms with Gasteiger partial charge in [-0.05, 0) is 56.4 Å². The van der Waals surface area contributed by atoms with Crippen LogP contribution < -0.4 is 16.4 Å². The summed E-state index contributed by atoms with van der Waals surface area (Å²) in [5, 5.41) is 0. The molecule has 0 bridgehead atoms. The number of nitrogens with two attached hydrogens (primary N) is 2. The third kappa shape index (κ3) is 3.36. The Kier molecular flexibility index (Phi) is 4.71. The number of hydrogen-bond acceptors (Lipinski definition) is 5. The van der Waals surface area contributed by atoms with Crippen molar-refractivity contribution in [1.82, 2.24) is 4.90 Å². The minimum atomic E-state index is -0.0954. The average Bonchev–Trinajstić information content (AvgIpc) is 2.81. The van der Waals surface area contributed by atoms with Crippen LogP contribution in [-0.4, -0.2) is 43.9 Å². The molecule has 1 saturated heterocycles. The second-order valence-electron chi connectivity index (χ2n) is 6.33. The Morgan fingerprint density at radius 1 is 0.958 bits per heavy atom. The van der Waals surface area contributed by atoms with Gasteiger partial charge in [0.2, 0.25) is 0 Å². The fourth-order valence-corrected chi connectivity index (χ4v) is 3.06. The van der Waals surface area contributed by atoms with E-state index in [0.717, 1.165) is 38.3 Å². The van der Waals surface area contributed by atoms with E-state index in [-0.39, 0.29) is 5.78 Å². The standard InChI is InChI=1S/C19H24N4O/c1-22-10-3-11-23(13-12-22)15-8-6-14(7-9-15)19(24)16-4-2-5-17(20)18(16)21/h2,4-9H,3,10-13,20-21H2,1H3. The molecule has 1 heterocycles. The summed E-state index contributed by atoms with van der Waals surface area (Å²) in [6.45, 7) is 4.23. The number of hydrogen-bond donors (Lipinski definition) is 2. The van der Waals surface area contributed by atoms with Gasteiger partial charge >= 0.3 is 0 Å². The van der Waals surface area contributed by atoms with E-state index in [4.69, 9.17) is 11.5 Å². The highest BCUT2D eigenvalue weighted by atomic mass is 16.1. The molecular formula is C19H24N4O. The molecule has 1 aliphatic rings. The van der Waals surface area contributed by atoms with Crippen LogP contribution in [-0.2, 0) is 0 Å². The third-order valence-electron chi connectivity index (χ3n) is 4.60. The van der Waals surface area contributed by atoms with Gasteiger partial charge in [-0.1, -0.05) is 6.07 Å². The summed E-state index contributed by atoms with van der Waals surface area (Å²) < 4.78 is 0. The molecule has 0 atom stereocenters. The maximum Gasteiger partial charge on any atom is 0.195 e. The van der Waals surface area contributed by atoms with Crippen molar-refractivity contribution in [3.8, 4) is 0 Å². The molecule has 0 aliphatic carbocycles. The van der Waals surface area contributed by atoms with Gasteiger partial charge in [-0.25, -0.2) is 0 Å². The Bertz CT molecular complexity index is 727. The van der Waals surface area contributed by atoms with Gasteiger partial charge in [0.1, 0.15) is 0 Å². The van der Waals surface area contributed by atoms with Gasteiger partial charge in [0.25, 0.3) is 0 Å². The molecule has 24 heavy (non-hydrogen) atoms. The number of nitrogen functional groups attached to an aromatic ring is 2. The first-order valence-electron chi connectivity index (χ1n) is 8.28. The van der Waals surface area contributed by atoms with E-state index in [2.05, 4.69) is 16.8 Å². The first kappa shape index (κ1) is 16.3. The zero-order valence-corrected chi connectivity index (χ0v) is 14.0. The van der Waals surface area contributed by atoms with E-state index in [1.807, 2.05) is 24.3 Å². The molecule has 0 radical (unpaired) electrons. The Balaban J connectivity index is 1.79. The number of carbonyl (C=O) groups excluding carboxylic acids is 1. The zero-order valence-electron chi connectivity index (χ0n) is 14.0. The molecule has 0 unspecified atom stereocenters. The first-order chi connectivity index (χ1) is 11.6. The highest BCUT2D eigenvalue weighted by Crippen LogP contribution is 2.24. The zero-order chi connectivity index (χ0) is 17.1. The second kappa shape index (κ2) is 6.93. The number of likely N-dealkylation sites (N-methyl/N-ethyl adjacent to an activating group) is 1. The summed E-state index contributed by atoms with van der Waals surface area (Å²) in [7, 11) is 2.15. The van der Waals surface area contributed by atoms with E-state index >= 15 is 0 Å². The predicted octanol–water partition coefficient (Wildman–Crippen LogP) is 2.22. The molecule has 2 aromatic carbocycles. The Morgan fingerprint density at radius 2 is 1.71 bits per heavy atom. The Hall–Kier alpha value is -2.53. The van der Waals surface area contributed by atoms with Crippen molar-refractivity contribution < 1.29 is 4.79 Å². The summed E-state index contributed by atoms with van der Waals surface area (Å²) >= 11 is 0. The van der Waals surface area contributed by atoms with Crippen LogP contribution >= 0.6 is 0 Å². The number of para-hydroxylation sites is 1. The van der Waals surface area contributed by atoms with Crippen molar-refractivity contribution in [3.63, 3.8) is 0 Å². The van der Waals surface area contributed by atoms with Crippen LogP contribution in [0.5, 0.6) is 0 Å². The van der Waals surface area contributed by atoms with Crippen LogP contribution in [0.15, 0.2) is 42.5 Å². The normalized spacial score (nSPS) is 16.0. The van der Waals surface area contributed by atoms with Gasteiger partial charge in [-0.3, -0.25) is 4.79 Å². The highest BCUT2D eigenvalue weighted by Gasteiger charge is 2.16. The van der Waals surface area contributed by atoms with Crippen LogP contribution in [0.4, 0.5) is 17.1 Å². The summed E-state index contributed by atoms with van der Waals surface area (Å²) in [4.78, 5) is 17.4. The second-order valence-corrected chi connectivity index (χ2v) is 6.33. The van der Waals surface area contributed by atoms with Crippen LogP contribution in [0, 0.1) is 0 Å². The number of benzene rings is 2. The summed E-state index contributed by atoms with van der Waals surface area (Å²) in [5.41, 5.74) is 14.8. The highest BCUT2D eigenvalue weighted by molar-refractivity contribution is 6.13. The molecule has 3 rings (SSSR count). The fraction of sp³-hybridized carbons (Fsp3) is 0.316. The average molecular weight is 324 g/mol. The SMILES string of the molecule is CN1CCCN(c2ccc(C(=O)c3cccc(N)c3N)cc2)CC1. The van der Waals surface area contributed by atoms with Gasteiger partial charge in [0.15, 0.2) is 5.78 Å². The maximum absolute atomic E-state index is 12.6.